The van der Waals surface area contributed by atoms with Crippen LogP contribution in [0.4, 0.5) is 17.3 Å². The fourth-order valence-corrected chi connectivity index (χ4v) is 1.53. The molecule has 6 nitrogen and oxygen atoms in total. The van der Waals surface area contributed by atoms with E-state index in [-0.39, 0.29) is 17.3 Å². The molecule has 86 valence electrons. The molecule has 0 unspecified atom stereocenters. The van der Waals surface area contributed by atoms with E-state index in [0.29, 0.717) is 5.82 Å². The molecule has 0 aliphatic heterocycles. The highest BCUT2D eigenvalue weighted by Gasteiger charge is 2.12. The Kier molecular flexibility index (Phi) is 2.70. The van der Waals surface area contributed by atoms with E-state index in [4.69, 9.17) is 11.5 Å². The highest BCUT2D eigenvalue weighted by atomic mass is 16.3. The van der Waals surface area contributed by atoms with Crippen LogP contribution in [-0.2, 0) is 0 Å². The number of nitroso groups, excluding NO2 is 1. The second kappa shape index (κ2) is 4.17. The van der Waals surface area contributed by atoms with Crippen LogP contribution < -0.4 is 11.5 Å². The van der Waals surface area contributed by atoms with Crippen LogP contribution in [0.25, 0.3) is 11.4 Å². The summed E-state index contributed by atoms with van der Waals surface area (Å²) < 4.78 is 0. The maximum atomic E-state index is 10.5. The molecule has 0 bridgehead atoms. The molecule has 0 aliphatic carbocycles. The molecular formula is C11H11N5O. The van der Waals surface area contributed by atoms with E-state index in [0.717, 1.165) is 11.1 Å². The van der Waals surface area contributed by atoms with Crippen molar-refractivity contribution < 1.29 is 0 Å². The molecular weight excluding hydrogens is 218 g/mol. The quantitative estimate of drug-likeness (QED) is 0.766. The zero-order chi connectivity index (χ0) is 12.4. The van der Waals surface area contributed by atoms with Crippen LogP contribution in [0.1, 0.15) is 5.56 Å². The summed E-state index contributed by atoms with van der Waals surface area (Å²) in [5, 5.41) is 2.70. The summed E-state index contributed by atoms with van der Waals surface area (Å²) in [6.07, 6.45) is 0. The van der Waals surface area contributed by atoms with Crippen molar-refractivity contribution in [2.45, 2.75) is 6.92 Å². The van der Waals surface area contributed by atoms with Gasteiger partial charge in [-0.25, -0.2) is 9.97 Å². The number of nitrogen functional groups attached to an aromatic ring is 2. The molecule has 0 saturated heterocycles. The molecule has 1 aromatic carbocycles. The lowest BCUT2D eigenvalue weighted by Crippen LogP contribution is -2.02. The van der Waals surface area contributed by atoms with E-state index in [1.807, 2.05) is 31.2 Å². The third-order valence-corrected chi connectivity index (χ3v) is 2.42. The number of aryl methyl sites for hydroxylation is 1. The fourth-order valence-electron chi connectivity index (χ4n) is 1.53. The van der Waals surface area contributed by atoms with Crippen molar-refractivity contribution in [3.8, 4) is 11.4 Å². The molecule has 0 amide bonds. The molecule has 1 heterocycles. The van der Waals surface area contributed by atoms with Crippen LogP contribution >= 0.6 is 0 Å². The number of hydrogen-bond donors (Lipinski definition) is 2. The molecule has 4 N–H and O–H groups in total. The molecule has 0 aliphatic rings. The van der Waals surface area contributed by atoms with Gasteiger partial charge in [-0.1, -0.05) is 24.3 Å². The van der Waals surface area contributed by atoms with E-state index in [1.165, 1.54) is 0 Å². The average molecular weight is 229 g/mol. The monoisotopic (exact) mass is 229 g/mol. The van der Waals surface area contributed by atoms with Gasteiger partial charge < -0.3 is 11.5 Å². The van der Waals surface area contributed by atoms with Gasteiger partial charge in [0.05, 0.1) is 0 Å². The van der Waals surface area contributed by atoms with Crippen LogP contribution in [0.3, 0.4) is 0 Å². The van der Waals surface area contributed by atoms with Gasteiger partial charge in [0.2, 0.25) is 0 Å². The third-order valence-electron chi connectivity index (χ3n) is 2.42. The lowest BCUT2D eigenvalue weighted by molar-refractivity contribution is 1.17. The number of aromatic nitrogens is 2. The van der Waals surface area contributed by atoms with Gasteiger partial charge in [0.15, 0.2) is 23.1 Å². The molecule has 2 aromatic rings. The van der Waals surface area contributed by atoms with Gasteiger partial charge in [0, 0.05) is 5.56 Å². The van der Waals surface area contributed by atoms with Crippen LogP contribution in [0.15, 0.2) is 29.4 Å². The molecule has 0 radical (unpaired) electrons. The predicted molar refractivity (Wildman–Crippen MR) is 66.5 cm³/mol. The van der Waals surface area contributed by atoms with Crippen LogP contribution in [0.5, 0.6) is 0 Å². The van der Waals surface area contributed by atoms with Gasteiger partial charge in [0.25, 0.3) is 0 Å². The standard InChI is InChI=1S/C11H11N5O/c1-6-4-2-3-5-7(6)11-14-9(12)8(16-17)10(13)15-11/h2-5H,1H3,(H4,12,13,14,15). The molecule has 0 spiro atoms. The lowest BCUT2D eigenvalue weighted by Gasteiger charge is -2.07. The first-order chi connectivity index (χ1) is 8.13. The van der Waals surface area contributed by atoms with Crippen molar-refractivity contribution in [1.82, 2.24) is 9.97 Å². The van der Waals surface area contributed by atoms with Gasteiger partial charge in [-0.05, 0) is 17.7 Å². The van der Waals surface area contributed by atoms with Crippen LogP contribution in [0.2, 0.25) is 0 Å². The molecule has 6 heteroatoms. The van der Waals surface area contributed by atoms with Crippen LogP contribution in [-0.4, -0.2) is 9.97 Å². The number of nitrogens with zero attached hydrogens (tertiary/aromatic N) is 3. The van der Waals surface area contributed by atoms with Crippen molar-refractivity contribution in [2.24, 2.45) is 5.18 Å². The molecule has 2 rings (SSSR count). The SMILES string of the molecule is Cc1ccccc1-c1nc(N)c(N=O)c(N)n1. The van der Waals surface area contributed by atoms with Crippen molar-refractivity contribution >= 4 is 17.3 Å². The van der Waals surface area contributed by atoms with Gasteiger partial charge in [0.1, 0.15) is 0 Å². The average Bonchev–Trinajstić information content (AvgIpc) is 2.29. The maximum Gasteiger partial charge on any atom is 0.192 e. The minimum atomic E-state index is -0.109. The van der Waals surface area contributed by atoms with Gasteiger partial charge in [-0.2, -0.15) is 0 Å². The highest BCUT2D eigenvalue weighted by Crippen LogP contribution is 2.29. The Morgan fingerprint density at radius 2 is 1.71 bits per heavy atom. The Morgan fingerprint density at radius 1 is 1.12 bits per heavy atom. The summed E-state index contributed by atoms with van der Waals surface area (Å²) in [6, 6.07) is 7.56. The Morgan fingerprint density at radius 3 is 2.24 bits per heavy atom. The first kappa shape index (κ1) is 11.0. The first-order valence-corrected chi connectivity index (χ1v) is 4.96. The van der Waals surface area contributed by atoms with Gasteiger partial charge in [-0.3, -0.25) is 0 Å². The van der Waals surface area contributed by atoms with Crippen LogP contribution in [0, 0.1) is 11.8 Å². The highest BCUT2D eigenvalue weighted by molar-refractivity contribution is 5.74. The summed E-state index contributed by atoms with van der Waals surface area (Å²) in [7, 11) is 0. The summed E-state index contributed by atoms with van der Waals surface area (Å²) >= 11 is 0. The van der Waals surface area contributed by atoms with Crippen molar-refractivity contribution in [1.29, 1.82) is 0 Å². The normalized spacial score (nSPS) is 10.2. The lowest BCUT2D eigenvalue weighted by atomic mass is 10.1. The Balaban J connectivity index is 2.62. The Labute approximate surface area is 97.7 Å². The third kappa shape index (κ3) is 1.92. The Hall–Kier alpha value is -2.50. The second-order valence-electron chi connectivity index (χ2n) is 3.57. The molecule has 1 aromatic heterocycles. The van der Waals surface area contributed by atoms with E-state index >= 15 is 0 Å². The number of anilines is 2. The number of nitrogens with two attached hydrogens (primary N) is 2. The fraction of sp³-hybridized carbons (Fsp3) is 0.0909. The molecule has 17 heavy (non-hydrogen) atoms. The van der Waals surface area contributed by atoms with E-state index in [1.54, 1.807) is 0 Å². The Bertz CT molecular complexity index is 559. The van der Waals surface area contributed by atoms with Crippen molar-refractivity contribution in [3.63, 3.8) is 0 Å². The minimum absolute atomic E-state index is 0.00856. The summed E-state index contributed by atoms with van der Waals surface area (Å²) in [4.78, 5) is 18.5. The number of hydrogen-bond acceptors (Lipinski definition) is 6. The number of benzene rings is 1. The second-order valence-corrected chi connectivity index (χ2v) is 3.57. The largest absolute Gasteiger partial charge is 0.382 e. The van der Waals surface area contributed by atoms with E-state index < -0.39 is 0 Å². The first-order valence-electron chi connectivity index (χ1n) is 4.96. The topological polar surface area (TPSA) is 107 Å². The van der Waals surface area contributed by atoms with Crippen molar-refractivity contribution in [2.75, 3.05) is 11.5 Å². The van der Waals surface area contributed by atoms with Gasteiger partial charge in [-0.15, -0.1) is 4.91 Å². The van der Waals surface area contributed by atoms with E-state index in [2.05, 4.69) is 15.1 Å². The minimum Gasteiger partial charge on any atom is -0.382 e. The zero-order valence-corrected chi connectivity index (χ0v) is 9.21. The maximum absolute atomic E-state index is 10.5. The number of rotatable bonds is 2. The zero-order valence-electron chi connectivity index (χ0n) is 9.21. The smallest absolute Gasteiger partial charge is 0.192 e. The van der Waals surface area contributed by atoms with Gasteiger partial charge >= 0.3 is 0 Å². The van der Waals surface area contributed by atoms with Crippen molar-refractivity contribution in [3.05, 3.63) is 34.7 Å². The summed E-state index contributed by atoms with van der Waals surface area (Å²) in [6.45, 7) is 1.93. The molecule has 0 atom stereocenters. The van der Waals surface area contributed by atoms with E-state index in [9.17, 15) is 4.91 Å². The summed E-state index contributed by atoms with van der Waals surface area (Å²) in [5.41, 5.74) is 12.9. The molecule has 0 saturated carbocycles. The summed E-state index contributed by atoms with van der Waals surface area (Å²) in [5.74, 6) is 0.377. The molecule has 0 fully saturated rings. The predicted octanol–water partition coefficient (Wildman–Crippen LogP) is 2.01.